The van der Waals surface area contributed by atoms with Crippen molar-refractivity contribution >= 4 is 74.2 Å². The number of phenols is 1. The Morgan fingerprint density at radius 3 is 2.49 bits per heavy atom. The number of hydrogen-bond acceptors (Lipinski definition) is 8. The number of carbonyl (C=O) groups is 4. The van der Waals surface area contributed by atoms with Gasteiger partial charge in [-0.25, -0.2) is 4.90 Å². The van der Waals surface area contributed by atoms with E-state index in [-0.39, 0.29) is 36.2 Å². The van der Waals surface area contributed by atoms with Crippen molar-refractivity contribution in [2.24, 2.45) is 36.1 Å². The van der Waals surface area contributed by atoms with Crippen LogP contribution >= 0.6 is 22.9 Å². The molecule has 4 heterocycles. The molecule has 12 heteroatoms. The van der Waals surface area contributed by atoms with Crippen LogP contribution in [0.15, 0.2) is 85.0 Å². The molecule has 4 aliphatic rings. The number of carbonyl (C=O) groups excluding carboxylic acids is 4. The zero-order chi connectivity index (χ0) is 38.7. The van der Waals surface area contributed by atoms with Gasteiger partial charge in [0.2, 0.25) is 23.6 Å². The molecule has 2 aromatic heterocycles. The molecule has 55 heavy (non-hydrogen) atoms. The molecule has 3 fully saturated rings. The molecule has 5 aromatic rings. The molecule has 2 saturated heterocycles. The predicted octanol–water partition coefficient (Wildman–Crippen LogP) is 8.06. The highest BCUT2D eigenvalue weighted by Crippen LogP contribution is 2.65. The third-order valence-electron chi connectivity index (χ3n) is 12.4. The number of aryl methyl sites for hydroxylation is 2. The lowest BCUT2D eigenvalue weighted by molar-refractivity contribution is -0.131. The number of anilines is 2. The number of thiophene rings is 1. The van der Waals surface area contributed by atoms with Crippen LogP contribution in [0.3, 0.4) is 0 Å². The molecule has 0 radical (unpaired) electrons. The van der Waals surface area contributed by atoms with E-state index in [9.17, 15) is 19.5 Å². The number of fused-ring (bicyclic) bond motifs is 5. The molecule has 2 aliphatic heterocycles. The number of para-hydroxylation sites is 1. The Balaban J connectivity index is 1.16. The van der Waals surface area contributed by atoms with E-state index >= 15 is 4.79 Å². The lowest BCUT2D eigenvalue weighted by atomic mass is 9.51. The first-order chi connectivity index (χ1) is 26.4. The number of allylic oxidation sites excluding steroid dienone is 2. The average Bonchev–Trinajstić information content (AvgIpc) is 3.85. The number of rotatable bonds is 6. The Hall–Kier alpha value is -5.52. The number of halogens is 1. The lowest BCUT2D eigenvalue weighted by Crippen LogP contribution is -2.49. The van der Waals surface area contributed by atoms with Gasteiger partial charge in [-0.3, -0.25) is 28.8 Å². The SMILES string of the molecule is C=Cc1ccc(N2C(=O)[C@H]3[C@H](CC=C4[C@H]3C[C@H]3C(=O)N(c5cc(-c6sc7ccc(Cl)cc7c6C)nn5C)C(=O)[C@@]3(C)[C@H]4c3cccc(OC)c3O)C2=O)cc1. The maximum absolute atomic E-state index is 15.1. The summed E-state index contributed by atoms with van der Waals surface area (Å²) < 4.78 is 8.11. The summed E-state index contributed by atoms with van der Waals surface area (Å²) in [4.78, 5) is 62.0. The van der Waals surface area contributed by atoms with Gasteiger partial charge < -0.3 is 9.84 Å². The van der Waals surface area contributed by atoms with Crippen molar-refractivity contribution in [3.63, 3.8) is 0 Å². The van der Waals surface area contributed by atoms with Gasteiger partial charge >= 0.3 is 0 Å². The minimum Gasteiger partial charge on any atom is -0.504 e. The van der Waals surface area contributed by atoms with Crippen molar-refractivity contribution in [1.29, 1.82) is 0 Å². The highest BCUT2D eigenvalue weighted by molar-refractivity contribution is 7.22. The van der Waals surface area contributed by atoms with E-state index in [2.05, 4.69) is 6.58 Å². The van der Waals surface area contributed by atoms with Gasteiger partial charge in [0.25, 0.3) is 0 Å². The second kappa shape index (κ2) is 12.5. The Morgan fingerprint density at radius 1 is 1.00 bits per heavy atom. The maximum atomic E-state index is 15.1. The first-order valence-corrected chi connectivity index (χ1v) is 19.4. The van der Waals surface area contributed by atoms with Gasteiger partial charge in [-0.15, -0.1) is 11.3 Å². The number of amides is 4. The molecule has 1 saturated carbocycles. The van der Waals surface area contributed by atoms with Gasteiger partial charge in [0, 0.05) is 34.3 Å². The first kappa shape index (κ1) is 35.2. The summed E-state index contributed by atoms with van der Waals surface area (Å²) in [6.07, 6.45) is 4.11. The molecule has 1 N–H and O–H groups in total. The molecule has 4 amide bonds. The van der Waals surface area contributed by atoms with Crippen molar-refractivity contribution in [1.82, 2.24) is 9.78 Å². The Labute approximate surface area is 326 Å². The number of hydrogen-bond donors (Lipinski definition) is 1. The zero-order valence-corrected chi connectivity index (χ0v) is 32.1. The summed E-state index contributed by atoms with van der Waals surface area (Å²) in [7, 11) is 3.16. The Bertz CT molecular complexity index is 2550. The molecule has 0 bridgehead atoms. The van der Waals surface area contributed by atoms with E-state index in [1.807, 2.05) is 31.2 Å². The highest BCUT2D eigenvalue weighted by Gasteiger charge is 2.68. The number of benzene rings is 3. The minimum atomic E-state index is -1.36. The number of imide groups is 2. The quantitative estimate of drug-likeness (QED) is 0.137. The van der Waals surface area contributed by atoms with E-state index in [0.717, 1.165) is 31.7 Å². The van der Waals surface area contributed by atoms with E-state index in [0.29, 0.717) is 27.8 Å². The summed E-state index contributed by atoms with van der Waals surface area (Å²) in [5.41, 5.74) is 2.76. The summed E-state index contributed by atoms with van der Waals surface area (Å²) in [6, 6.07) is 19.7. The summed E-state index contributed by atoms with van der Waals surface area (Å²) in [5.74, 6) is -4.68. The molecular formula is C43H37ClN4O6S. The first-order valence-electron chi connectivity index (χ1n) is 18.2. The molecule has 10 nitrogen and oxygen atoms in total. The molecule has 3 aromatic carbocycles. The third-order valence-corrected chi connectivity index (χ3v) is 14.0. The predicted molar refractivity (Wildman–Crippen MR) is 212 cm³/mol. The van der Waals surface area contributed by atoms with Gasteiger partial charge in [-0.05, 0) is 85.5 Å². The van der Waals surface area contributed by atoms with Crippen molar-refractivity contribution in [3.05, 3.63) is 107 Å². The molecule has 0 spiro atoms. The smallest absolute Gasteiger partial charge is 0.242 e. The molecule has 278 valence electrons. The van der Waals surface area contributed by atoms with E-state index in [1.165, 1.54) is 16.9 Å². The molecule has 9 rings (SSSR count). The highest BCUT2D eigenvalue weighted by atomic mass is 35.5. The number of ether oxygens (including phenoxy) is 1. The largest absolute Gasteiger partial charge is 0.504 e. The van der Waals surface area contributed by atoms with Crippen LogP contribution in [0, 0.1) is 36.0 Å². The van der Waals surface area contributed by atoms with Crippen LogP contribution < -0.4 is 14.5 Å². The standard InChI is InChI=1S/C43H37ClN4O6S/c1-6-22-10-13-24(14-11-22)47-39(50)26-16-15-25-29(35(26)41(47)52)19-30-40(51)48(42(53)43(30,3)36(25)27-8-7-9-32(54-5)37(27)49)34-20-31(45-46(34)4)38-21(2)28-18-23(44)12-17-33(28)55-38/h6-15,17-18,20,26,29-30,35-36,49H,1,16,19H2,2-5H3/t26-,29+,30-,35-,36+,43+/m0/s1. The third kappa shape index (κ3) is 4.88. The normalized spacial score (nSPS) is 26.0. The monoisotopic (exact) mass is 772 g/mol. The van der Waals surface area contributed by atoms with Crippen molar-refractivity contribution < 1.29 is 29.0 Å². The van der Waals surface area contributed by atoms with E-state index in [4.69, 9.17) is 21.4 Å². The van der Waals surface area contributed by atoms with Crippen molar-refractivity contribution in [2.45, 2.75) is 32.6 Å². The second-order valence-corrected chi connectivity index (χ2v) is 16.6. The average molecular weight is 773 g/mol. The fourth-order valence-corrected chi connectivity index (χ4v) is 11.1. The summed E-state index contributed by atoms with van der Waals surface area (Å²) in [5, 5.41) is 18.1. The van der Waals surface area contributed by atoms with Gasteiger partial charge in [0.15, 0.2) is 11.5 Å². The van der Waals surface area contributed by atoms with Crippen LogP contribution in [0.1, 0.15) is 42.4 Å². The Morgan fingerprint density at radius 2 is 1.76 bits per heavy atom. The number of nitrogens with zero attached hydrogens (tertiary/aromatic N) is 4. The van der Waals surface area contributed by atoms with E-state index in [1.54, 1.807) is 84.6 Å². The summed E-state index contributed by atoms with van der Waals surface area (Å²) >= 11 is 7.88. The number of methoxy groups -OCH3 is 1. The molecular weight excluding hydrogens is 736 g/mol. The lowest BCUT2D eigenvalue weighted by Gasteiger charge is -2.49. The van der Waals surface area contributed by atoms with Gasteiger partial charge in [0.1, 0.15) is 11.5 Å². The van der Waals surface area contributed by atoms with Crippen LogP contribution in [0.5, 0.6) is 11.5 Å². The fraction of sp³-hybridized carbons (Fsp3) is 0.279. The van der Waals surface area contributed by atoms with E-state index < -0.39 is 46.8 Å². The number of aromatic hydroxyl groups is 1. The maximum Gasteiger partial charge on any atom is 0.242 e. The zero-order valence-electron chi connectivity index (χ0n) is 30.6. The van der Waals surface area contributed by atoms with Crippen LogP contribution in [0.2, 0.25) is 5.02 Å². The van der Waals surface area contributed by atoms with Gasteiger partial charge in [0.05, 0.1) is 40.8 Å². The topological polar surface area (TPSA) is 122 Å². The fourth-order valence-electron chi connectivity index (χ4n) is 9.74. The van der Waals surface area contributed by atoms with Crippen molar-refractivity contribution in [2.75, 3.05) is 16.9 Å². The van der Waals surface area contributed by atoms with Gasteiger partial charge in [-0.1, -0.05) is 60.2 Å². The summed E-state index contributed by atoms with van der Waals surface area (Å²) in [6.45, 7) is 7.59. The van der Waals surface area contributed by atoms with Crippen LogP contribution in [-0.2, 0) is 26.2 Å². The number of phenolic OH excluding ortho intramolecular Hbond substituents is 1. The van der Waals surface area contributed by atoms with Gasteiger partial charge in [-0.2, -0.15) is 5.10 Å². The van der Waals surface area contributed by atoms with Crippen LogP contribution in [0.25, 0.3) is 26.7 Å². The minimum absolute atomic E-state index is 0.140. The second-order valence-electron chi connectivity index (χ2n) is 15.1. The molecule has 0 unspecified atom stereocenters. The number of aromatic nitrogens is 2. The van der Waals surface area contributed by atoms with Crippen LogP contribution in [0.4, 0.5) is 11.5 Å². The molecule has 6 atom stereocenters. The van der Waals surface area contributed by atoms with Crippen molar-refractivity contribution in [3.8, 4) is 22.1 Å². The molecule has 2 aliphatic carbocycles. The van der Waals surface area contributed by atoms with Crippen LogP contribution in [-0.4, -0.2) is 45.6 Å². The Kier molecular flexibility index (Phi) is 8.00.